The molecule has 7 heteroatoms. The maximum absolute atomic E-state index is 12.9. The van der Waals surface area contributed by atoms with Gasteiger partial charge in [-0.15, -0.1) is 0 Å². The monoisotopic (exact) mass is 287 g/mol. The van der Waals surface area contributed by atoms with Crippen molar-refractivity contribution in [2.24, 2.45) is 0 Å². The van der Waals surface area contributed by atoms with Gasteiger partial charge in [0.2, 0.25) is 0 Å². The van der Waals surface area contributed by atoms with Crippen molar-refractivity contribution >= 4 is 28.8 Å². The Bertz CT molecular complexity index is 599. The molecule has 1 aromatic carbocycles. The van der Waals surface area contributed by atoms with E-state index in [1.165, 1.54) is 18.3 Å². The fourth-order valence-electron chi connectivity index (χ4n) is 1.51. The first-order valence-corrected chi connectivity index (χ1v) is 5.60. The van der Waals surface area contributed by atoms with Crippen LogP contribution in [0.1, 0.15) is 5.56 Å². The summed E-state index contributed by atoms with van der Waals surface area (Å²) >= 11 is 5.59. The fraction of sp³-hybridized carbons (Fsp3) is 0.0833. The Morgan fingerprint density at radius 3 is 2.58 bits per heavy atom. The van der Waals surface area contributed by atoms with Crippen LogP contribution in [0.5, 0.6) is 0 Å². The number of anilines is 3. The van der Waals surface area contributed by atoms with Gasteiger partial charge in [-0.1, -0.05) is 11.6 Å². The van der Waals surface area contributed by atoms with Crippen LogP contribution in [0.2, 0.25) is 5.02 Å². The van der Waals surface area contributed by atoms with Crippen LogP contribution in [0.3, 0.4) is 0 Å². The van der Waals surface area contributed by atoms with Crippen molar-refractivity contribution in [3.8, 4) is 0 Å². The zero-order chi connectivity index (χ0) is 14.0. The minimum absolute atomic E-state index is 0.00636. The lowest BCUT2D eigenvalue weighted by Gasteiger charge is -2.15. The van der Waals surface area contributed by atoms with Crippen LogP contribution in [0.15, 0.2) is 36.5 Å². The van der Waals surface area contributed by atoms with Crippen LogP contribution in [0.4, 0.5) is 30.4 Å². The van der Waals surface area contributed by atoms with Gasteiger partial charge >= 0.3 is 6.18 Å². The molecular formula is C12H9ClF3N3. The van der Waals surface area contributed by atoms with E-state index in [2.05, 4.69) is 10.3 Å². The molecule has 0 atom stereocenters. The first-order chi connectivity index (χ1) is 8.88. The van der Waals surface area contributed by atoms with Gasteiger partial charge in [0, 0.05) is 11.2 Å². The summed E-state index contributed by atoms with van der Waals surface area (Å²) in [4.78, 5) is 3.88. The van der Waals surface area contributed by atoms with Crippen molar-refractivity contribution in [3.63, 3.8) is 0 Å². The topological polar surface area (TPSA) is 50.9 Å². The van der Waals surface area contributed by atoms with Gasteiger partial charge in [0.15, 0.2) is 5.82 Å². The third-order valence-electron chi connectivity index (χ3n) is 2.38. The second kappa shape index (κ2) is 4.97. The number of alkyl halides is 3. The summed E-state index contributed by atoms with van der Waals surface area (Å²) in [5.74, 6) is 0.162. The number of pyridine rings is 1. The minimum Gasteiger partial charge on any atom is -0.396 e. The Balaban J connectivity index is 2.44. The average Bonchev–Trinajstić information content (AvgIpc) is 2.33. The van der Waals surface area contributed by atoms with Crippen LogP contribution >= 0.6 is 11.6 Å². The van der Waals surface area contributed by atoms with Crippen LogP contribution < -0.4 is 11.1 Å². The van der Waals surface area contributed by atoms with E-state index in [-0.39, 0.29) is 22.2 Å². The Morgan fingerprint density at radius 2 is 1.95 bits per heavy atom. The first kappa shape index (κ1) is 13.5. The van der Waals surface area contributed by atoms with Crippen molar-refractivity contribution in [3.05, 3.63) is 47.1 Å². The Labute approximate surface area is 112 Å². The number of halogens is 4. The molecule has 3 N–H and O–H groups in total. The third kappa shape index (κ3) is 3.08. The average molecular weight is 288 g/mol. The molecule has 19 heavy (non-hydrogen) atoms. The number of nitrogen functional groups attached to an aromatic ring is 1. The van der Waals surface area contributed by atoms with Crippen LogP contribution in [-0.2, 0) is 6.18 Å². The molecule has 2 rings (SSSR count). The molecule has 0 aliphatic heterocycles. The van der Waals surface area contributed by atoms with Crippen molar-refractivity contribution in [2.45, 2.75) is 6.18 Å². The van der Waals surface area contributed by atoms with Crippen molar-refractivity contribution in [1.29, 1.82) is 0 Å². The Morgan fingerprint density at radius 1 is 1.21 bits per heavy atom. The molecule has 0 saturated carbocycles. The first-order valence-electron chi connectivity index (χ1n) is 5.22. The SMILES string of the molecule is Nc1cccnc1Nc1ccc(Cl)cc1C(F)(F)F. The normalized spacial score (nSPS) is 11.4. The number of hydrogen-bond donors (Lipinski definition) is 2. The number of benzene rings is 1. The molecule has 0 saturated heterocycles. The summed E-state index contributed by atoms with van der Waals surface area (Å²) < 4.78 is 38.6. The predicted octanol–water partition coefficient (Wildman–Crippen LogP) is 4.08. The lowest BCUT2D eigenvalue weighted by atomic mass is 10.1. The van der Waals surface area contributed by atoms with Gasteiger partial charge in [-0.2, -0.15) is 13.2 Å². The number of nitrogens with two attached hydrogens (primary N) is 1. The quantitative estimate of drug-likeness (QED) is 0.875. The van der Waals surface area contributed by atoms with Gasteiger partial charge in [0.05, 0.1) is 16.9 Å². The molecule has 100 valence electrons. The lowest BCUT2D eigenvalue weighted by Crippen LogP contribution is -2.10. The summed E-state index contributed by atoms with van der Waals surface area (Å²) in [7, 11) is 0. The summed E-state index contributed by atoms with van der Waals surface area (Å²) in [5, 5.41) is 2.57. The maximum atomic E-state index is 12.9. The third-order valence-corrected chi connectivity index (χ3v) is 2.61. The molecule has 0 bridgehead atoms. The summed E-state index contributed by atoms with van der Waals surface area (Å²) in [6, 6.07) is 6.58. The molecule has 1 aromatic heterocycles. The van der Waals surface area contributed by atoms with Crippen molar-refractivity contribution < 1.29 is 13.2 Å². The largest absolute Gasteiger partial charge is 0.418 e. The minimum atomic E-state index is -4.52. The standard InChI is InChI=1S/C12H9ClF3N3/c13-7-3-4-10(8(6-7)12(14,15)16)19-11-9(17)2-1-5-18-11/h1-6H,17H2,(H,18,19). The zero-order valence-corrected chi connectivity index (χ0v) is 10.3. The molecule has 0 aliphatic carbocycles. The van der Waals surface area contributed by atoms with E-state index >= 15 is 0 Å². The molecule has 0 radical (unpaired) electrons. The number of rotatable bonds is 2. The zero-order valence-electron chi connectivity index (χ0n) is 9.50. The molecule has 2 aromatic rings. The Hall–Kier alpha value is -1.95. The molecule has 3 nitrogen and oxygen atoms in total. The van der Waals surface area contributed by atoms with Gasteiger partial charge < -0.3 is 11.1 Å². The van der Waals surface area contributed by atoms with E-state index in [0.717, 1.165) is 6.07 Å². The second-order valence-electron chi connectivity index (χ2n) is 3.75. The van der Waals surface area contributed by atoms with E-state index in [4.69, 9.17) is 17.3 Å². The van der Waals surface area contributed by atoms with E-state index in [0.29, 0.717) is 0 Å². The van der Waals surface area contributed by atoms with Gasteiger partial charge in [0.25, 0.3) is 0 Å². The molecule has 0 aliphatic rings. The summed E-state index contributed by atoms with van der Waals surface area (Å²) in [5.41, 5.74) is 4.86. The summed E-state index contributed by atoms with van der Waals surface area (Å²) in [6.07, 6.45) is -3.08. The highest BCUT2D eigenvalue weighted by Gasteiger charge is 2.34. The van der Waals surface area contributed by atoms with Gasteiger partial charge in [0.1, 0.15) is 0 Å². The summed E-state index contributed by atoms with van der Waals surface area (Å²) in [6.45, 7) is 0. The molecule has 1 heterocycles. The smallest absolute Gasteiger partial charge is 0.396 e. The number of nitrogens with one attached hydrogen (secondary N) is 1. The highest BCUT2D eigenvalue weighted by Crippen LogP contribution is 2.37. The lowest BCUT2D eigenvalue weighted by molar-refractivity contribution is -0.136. The van der Waals surface area contributed by atoms with E-state index in [1.54, 1.807) is 12.1 Å². The second-order valence-corrected chi connectivity index (χ2v) is 4.19. The fourth-order valence-corrected chi connectivity index (χ4v) is 1.68. The number of aromatic nitrogens is 1. The molecular weight excluding hydrogens is 279 g/mol. The molecule has 0 spiro atoms. The molecule has 0 unspecified atom stereocenters. The van der Waals surface area contributed by atoms with Gasteiger partial charge in [-0.3, -0.25) is 0 Å². The number of nitrogens with zero attached hydrogens (tertiary/aromatic N) is 1. The predicted molar refractivity (Wildman–Crippen MR) is 68.4 cm³/mol. The maximum Gasteiger partial charge on any atom is 0.418 e. The highest BCUT2D eigenvalue weighted by atomic mass is 35.5. The molecule has 0 fully saturated rings. The van der Waals surface area contributed by atoms with Crippen molar-refractivity contribution in [1.82, 2.24) is 4.98 Å². The molecule has 0 amide bonds. The Kier molecular flexibility index (Phi) is 3.53. The van der Waals surface area contributed by atoms with Gasteiger partial charge in [-0.05, 0) is 30.3 Å². The number of hydrogen-bond acceptors (Lipinski definition) is 3. The highest BCUT2D eigenvalue weighted by molar-refractivity contribution is 6.30. The van der Waals surface area contributed by atoms with Gasteiger partial charge in [-0.25, -0.2) is 4.98 Å². The van der Waals surface area contributed by atoms with Crippen LogP contribution in [-0.4, -0.2) is 4.98 Å². The van der Waals surface area contributed by atoms with Crippen molar-refractivity contribution in [2.75, 3.05) is 11.1 Å². The van der Waals surface area contributed by atoms with Crippen LogP contribution in [0.25, 0.3) is 0 Å². The van der Waals surface area contributed by atoms with E-state index in [1.807, 2.05) is 0 Å². The van der Waals surface area contributed by atoms with E-state index in [9.17, 15) is 13.2 Å². The van der Waals surface area contributed by atoms with Crippen LogP contribution in [0, 0.1) is 0 Å². The van der Waals surface area contributed by atoms with E-state index < -0.39 is 11.7 Å².